The quantitative estimate of drug-likeness (QED) is 0.500. The molecule has 74 valence electrons. The van der Waals surface area contributed by atoms with Gasteiger partial charge in [0.05, 0.1) is 12.2 Å². The van der Waals surface area contributed by atoms with Crippen molar-refractivity contribution in [1.29, 1.82) is 0 Å². The van der Waals surface area contributed by atoms with Crippen LogP contribution in [0.25, 0.3) is 0 Å². The molecule has 0 aromatic rings. The number of aliphatic hydroxyl groups excluding tert-OH is 3. The van der Waals surface area contributed by atoms with Gasteiger partial charge in [-0.3, -0.25) is 0 Å². The molecule has 0 saturated carbocycles. The van der Waals surface area contributed by atoms with Crippen LogP contribution in [0.15, 0.2) is 0 Å². The fourth-order valence-electron chi connectivity index (χ4n) is 1.12. The van der Waals surface area contributed by atoms with Crippen LogP contribution in [0.5, 0.6) is 0 Å². The van der Waals surface area contributed by atoms with E-state index in [2.05, 4.69) is 6.92 Å². The second-order valence-electron chi connectivity index (χ2n) is 3.14. The van der Waals surface area contributed by atoms with Crippen LogP contribution < -0.4 is 0 Å². The van der Waals surface area contributed by atoms with Crippen molar-refractivity contribution in [3.05, 3.63) is 0 Å². The highest BCUT2D eigenvalue weighted by atomic mass is 16.3. The zero-order chi connectivity index (χ0) is 9.40. The van der Waals surface area contributed by atoms with E-state index < -0.39 is 12.2 Å². The van der Waals surface area contributed by atoms with Gasteiger partial charge in [-0.15, -0.1) is 0 Å². The average molecular weight is 176 g/mol. The summed E-state index contributed by atoms with van der Waals surface area (Å²) in [7, 11) is 0. The molecule has 12 heavy (non-hydrogen) atoms. The van der Waals surface area contributed by atoms with Gasteiger partial charge in [-0.2, -0.15) is 0 Å². The summed E-state index contributed by atoms with van der Waals surface area (Å²) in [5.74, 6) is 0. The summed E-state index contributed by atoms with van der Waals surface area (Å²) in [4.78, 5) is 0. The van der Waals surface area contributed by atoms with Gasteiger partial charge in [0.15, 0.2) is 0 Å². The summed E-state index contributed by atoms with van der Waals surface area (Å²) in [6.45, 7) is 2.03. The molecular formula is C9H20O3. The smallest absolute Gasteiger partial charge is 0.0820 e. The molecule has 3 nitrogen and oxygen atoms in total. The van der Waals surface area contributed by atoms with Crippen molar-refractivity contribution in [2.45, 2.75) is 51.2 Å². The Bertz CT molecular complexity index is 95.8. The Hall–Kier alpha value is -0.120. The molecule has 3 heteroatoms. The Morgan fingerprint density at radius 2 is 1.58 bits per heavy atom. The predicted octanol–water partition coefficient (Wildman–Crippen LogP) is 0.671. The molecule has 0 aliphatic rings. The van der Waals surface area contributed by atoms with Crippen LogP contribution in [-0.4, -0.2) is 34.1 Å². The van der Waals surface area contributed by atoms with E-state index in [-0.39, 0.29) is 13.0 Å². The van der Waals surface area contributed by atoms with Gasteiger partial charge in [0, 0.05) is 6.61 Å². The van der Waals surface area contributed by atoms with Crippen molar-refractivity contribution < 1.29 is 15.3 Å². The summed E-state index contributed by atoms with van der Waals surface area (Å²) >= 11 is 0. The van der Waals surface area contributed by atoms with Gasteiger partial charge in [-0.05, 0) is 12.8 Å². The zero-order valence-electron chi connectivity index (χ0n) is 7.74. The molecule has 0 bridgehead atoms. The number of unbranched alkanes of at least 4 members (excludes halogenated alkanes) is 2. The third kappa shape index (κ3) is 5.52. The summed E-state index contributed by atoms with van der Waals surface area (Å²) in [6.07, 6.45) is 2.63. The molecule has 0 rings (SSSR count). The molecule has 0 aliphatic carbocycles. The van der Waals surface area contributed by atoms with Crippen LogP contribution in [0.1, 0.15) is 39.0 Å². The molecule has 0 saturated heterocycles. The van der Waals surface area contributed by atoms with Crippen molar-refractivity contribution in [2.24, 2.45) is 0 Å². The Balaban J connectivity index is 3.35. The van der Waals surface area contributed by atoms with Gasteiger partial charge in [0.1, 0.15) is 0 Å². The predicted molar refractivity (Wildman–Crippen MR) is 47.9 cm³/mol. The summed E-state index contributed by atoms with van der Waals surface area (Å²) in [5, 5.41) is 27.0. The third-order valence-corrected chi connectivity index (χ3v) is 1.97. The van der Waals surface area contributed by atoms with E-state index in [1.54, 1.807) is 0 Å². The third-order valence-electron chi connectivity index (χ3n) is 1.97. The molecule has 0 spiro atoms. The minimum atomic E-state index is -0.758. The van der Waals surface area contributed by atoms with Crippen molar-refractivity contribution >= 4 is 0 Å². The standard InChI is InChI=1S/C9H20O3/c1-2-3-4-5-8(11)9(12)6-7-10/h8-12H,2-7H2,1H3/t8-,9-/m1/s1. The fourth-order valence-corrected chi connectivity index (χ4v) is 1.12. The van der Waals surface area contributed by atoms with Crippen LogP contribution in [-0.2, 0) is 0 Å². The zero-order valence-corrected chi connectivity index (χ0v) is 7.74. The molecule has 0 heterocycles. The average Bonchev–Trinajstić information content (AvgIpc) is 2.05. The van der Waals surface area contributed by atoms with E-state index in [4.69, 9.17) is 5.11 Å². The molecule has 0 aromatic carbocycles. The second kappa shape index (κ2) is 7.53. The van der Waals surface area contributed by atoms with Crippen LogP contribution in [0.2, 0.25) is 0 Å². The summed E-state index contributed by atoms with van der Waals surface area (Å²) in [6, 6.07) is 0. The molecule has 3 N–H and O–H groups in total. The lowest BCUT2D eigenvalue weighted by Crippen LogP contribution is -2.26. The first kappa shape index (κ1) is 11.9. The first-order valence-electron chi connectivity index (χ1n) is 4.69. The molecule has 0 aromatic heterocycles. The molecule has 0 fully saturated rings. The largest absolute Gasteiger partial charge is 0.396 e. The van der Waals surface area contributed by atoms with Crippen molar-refractivity contribution in [1.82, 2.24) is 0 Å². The van der Waals surface area contributed by atoms with E-state index >= 15 is 0 Å². The van der Waals surface area contributed by atoms with Crippen molar-refractivity contribution in [3.8, 4) is 0 Å². The maximum atomic E-state index is 9.31. The van der Waals surface area contributed by atoms with E-state index in [9.17, 15) is 10.2 Å². The lowest BCUT2D eigenvalue weighted by Gasteiger charge is -2.16. The number of aliphatic hydroxyl groups is 3. The normalized spacial score (nSPS) is 16.0. The molecule has 2 atom stereocenters. The number of hydrogen-bond acceptors (Lipinski definition) is 3. The van der Waals surface area contributed by atoms with Gasteiger partial charge in [0.25, 0.3) is 0 Å². The maximum absolute atomic E-state index is 9.31. The first-order chi connectivity index (χ1) is 5.72. The van der Waals surface area contributed by atoms with E-state index in [1.807, 2.05) is 0 Å². The van der Waals surface area contributed by atoms with Crippen LogP contribution in [0, 0.1) is 0 Å². The first-order valence-corrected chi connectivity index (χ1v) is 4.69. The Morgan fingerprint density at radius 1 is 1.00 bits per heavy atom. The van der Waals surface area contributed by atoms with E-state index in [1.165, 1.54) is 0 Å². The highest BCUT2D eigenvalue weighted by molar-refractivity contribution is 4.66. The van der Waals surface area contributed by atoms with Gasteiger partial charge < -0.3 is 15.3 Å². The molecule has 0 radical (unpaired) electrons. The Morgan fingerprint density at radius 3 is 2.08 bits per heavy atom. The highest BCUT2D eigenvalue weighted by Crippen LogP contribution is 2.08. The minimum absolute atomic E-state index is 0.0635. The number of hydrogen-bond donors (Lipinski definition) is 3. The number of rotatable bonds is 7. The van der Waals surface area contributed by atoms with Crippen molar-refractivity contribution in [2.75, 3.05) is 6.61 Å². The SMILES string of the molecule is CCCCC[C@@H](O)[C@H](O)CCO. The van der Waals surface area contributed by atoms with Gasteiger partial charge in [-0.1, -0.05) is 26.2 Å². The summed E-state index contributed by atoms with van der Waals surface area (Å²) < 4.78 is 0. The Labute approximate surface area is 74.0 Å². The van der Waals surface area contributed by atoms with Crippen molar-refractivity contribution in [3.63, 3.8) is 0 Å². The van der Waals surface area contributed by atoms with Crippen LogP contribution in [0.4, 0.5) is 0 Å². The lowest BCUT2D eigenvalue weighted by molar-refractivity contribution is -0.0000467. The molecule has 0 amide bonds. The van der Waals surface area contributed by atoms with Gasteiger partial charge in [-0.25, -0.2) is 0 Å². The fraction of sp³-hybridized carbons (Fsp3) is 1.00. The molecule has 0 aliphatic heterocycles. The van der Waals surface area contributed by atoms with Gasteiger partial charge in [0.2, 0.25) is 0 Å². The van der Waals surface area contributed by atoms with Gasteiger partial charge >= 0.3 is 0 Å². The topological polar surface area (TPSA) is 60.7 Å². The van der Waals surface area contributed by atoms with E-state index in [0.29, 0.717) is 6.42 Å². The van der Waals surface area contributed by atoms with Crippen LogP contribution in [0.3, 0.4) is 0 Å². The monoisotopic (exact) mass is 176 g/mol. The lowest BCUT2D eigenvalue weighted by atomic mass is 10.0. The Kier molecular flexibility index (Phi) is 7.45. The maximum Gasteiger partial charge on any atom is 0.0820 e. The molecular weight excluding hydrogens is 156 g/mol. The summed E-state index contributed by atoms with van der Waals surface area (Å²) in [5.41, 5.74) is 0. The molecule has 0 unspecified atom stereocenters. The van der Waals surface area contributed by atoms with Crippen LogP contribution >= 0.6 is 0 Å². The minimum Gasteiger partial charge on any atom is -0.396 e. The second-order valence-corrected chi connectivity index (χ2v) is 3.14. The van der Waals surface area contributed by atoms with E-state index in [0.717, 1.165) is 19.3 Å². The highest BCUT2D eigenvalue weighted by Gasteiger charge is 2.14.